The summed E-state index contributed by atoms with van der Waals surface area (Å²) in [5.74, 6) is -0.974. The van der Waals surface area contributed by atoms with Gasteiger partial charge in [0, 0.05) is 49.2 Å². The molecule has 4 rings (SSSR count). The van der Waals surface area contributed by atoms with Gasteiger partial charge in [-0.2, -0.15) is 0 Å². The predicted octanol–water partition coefficient (Wildman–Crippen LogP) is 4.16. The van der Waals surface area contributed by atoms with Crippen molar-refractivity contribution in [3.05, 3.63) is 87.1 Å². The molecule has 0 atom stereocenters. The van der Waals surface area contributed by atoms with Crippen molar-refractivity contribution in [1.82, 2.24) is 14.8 Å². The van der Waals surface area contributed by atoms with Crippen LogP contribution in [0.1, 0.15) is 15.9 Å². The summed E-state index contributed by atoms with van der Waals surface area (Å²) >= 11 is 1.36. The topological polar surface area (TPSA) is 99.8 Å². The molecule has 1 aliphatic heterocycles. The number of aromatic nitrogens is 1. The van der Waals surface area contributed by atoms with Crippen molar-refractivity contribution in [2.75, 3.05) is 32.4 Å². The first-order valence-corrected chi connectivity index (χ1v) is 11.8. The number of carboxylic acid groups (broad SMARTS) is 1. The van der Waals surface area contributed by atoms with Crippen LogP contribution in [-0.4, -0.2) is 63.2 Å². The number of aromatic carboxylic acids is 1. The number of nitrogens with zero attached hydrogens (tertiary/aromatic N) is 4. The minimum atomic E-state index is -0.974. The van der Waals surface area contributed by atoms with Crippen molar-refractivity contribution in [3.63, 3.8) is 0 Å². The molecule has 1 N–H and O–H groups in total. The fraction of sp³-hybridized carbons (Fsp3) is 0.250. The zero-order valence-electron chi connectivity index (χ0n) is 18.2. The van der Waals surface area contributed by atoms with Gasteiger partial charge < -0.3 is 10.0 Å². The SMILES string of the molecule is CSC(=C[N+](=O)[O-])N1CCN(Cc2c(-c3ccccc3)nc3ccccc3c2C(=O)O)CC1. The minimum absolute atomic E-state index is 0.278. The average molecular weight is 465 g/mol. The first-order valence-electron chi connectivity index (χ1n) is 10.5. The molecule has 0 amide bonds. The molecule has 0 unspecified atom stereocenters. The van der Waals surface area contributed by atoms with Gasteiger partial charge in [0.05, 0.1) is 21.7 Å². The van der Waals surface area contributed by atoms with E-state index in [1.54, 1.807) is 6.07 Å². The van der Waals surface area contributed by atoms with Crippen LogP contribution in [-0.2, 0) is 6.54 Å². The van der Waals surface area contributed by atoms with E-state index in [9.17, 15) is 20.0 Å². The second kappa shape index (κ2) is 10.0. The number of para-hydroxylation sites is 1. The van der Waals surface area contributed by atoms with Gasteiger partial charge in [0.2, 0.25) is 0 Å². The normalized spacial score (nSPS) is 15.1. The molecule has 0 radical (unpaired) electrons. The number of benzene rings is 2. The maximum atomic E-state index is 12.4. The van der Waals surface area contributed by atoms with Gasteiger partial charge in [-0.25, -0.2) is 9.78 Å². The van der Waals surface area contributed by atoms with E-state index in [4.69, 9.17) is 4.98 Å². The van der Waals surface area contributed by atoms with Gasteiger partial charge >= 0.3 is 5.97 Å². The minimum Gasteiger partial charge on any atom is -0.478 e. The summed E-state index contributed by atoms with van der Waals surface area (Å²) in [5.41, 5.74) is 3.16. The first-order chi connectivity index (χ1) is 16.0. The quantitative estimate of drug-likeness (QED) is 0.411. The van der Waals surface area contributed by atoms with Crippen molar-refractivity contribution in [2.24, 2.45) is 0 Å². The number of hydrogen-bond acceptors (Lipinski definition) is 7. The predicted molar refractivity (Wildman–Crippen MR) is 130 cm³/mol. The Hall–Kier alpha value is -3.43. The van der Waals surface area contributed by atoms with Crippen molar-refractivity contribution in [3.8, 4) is 11.3 Å². The number of nitro groups is 1. The monoisotopic (exact) mass is 464 g/mol. The largest absolute Gasteiger partial charge is 0.478 e. The summed E-state index contributed by atoms with van der Waals surface area (Å²) in [4.78, 5) is 31.9. The Bertz CT molecular complexity index is 1210. The van der Waals surface area contributed by atoms with Crippen LogP contribution in [0.15, 0.2) is 65.8 Å². The highest BCUT2D eigenvalue weighted by atomic mass is 32.2. The zero-order valence-corrected chi connectivity index (χ0v) is 19.0. The second-order valence-corrected chi connectivity index (χ2v) is 8.55. The van der Waals surface area contributed by atoms with E-state index in [-0.39, 0.29) is 5.56 Å². The summed E-state index contributed by atoms with van der Waals surface area (Å²) in [5, 5.41) is 22.3. The lowest BCUT2D eigenvalue weighted by Gasteiger charge is -2.36. The van der Waals surface area contributed by atoms with Gasteiger partial charge in [-0.05, 0) is 12.3 Å². The van der Waals surface area contributed by atoms with Crippen molar-refractivity contribution < 1.29 is 14.8 Å². The first kappa shape index (κ1) is 22.8. The van der Waals surface area contributed by atoms with Gasteiger partial charge in [0.15, 0.2) is 0 Å². The lowest BCUT2D eigenvalue weighted by molar-refractivity contribution is -0.403. The molecule has 9 heteroatoms. The fourth-order valence-corrected chi connectivity index (χ4v) is 4.82. The Morgan fingerprint density at radius 1 is 1.12 bits per heavy atom. The summed E-state index contributed by atoms with van der Waals surface area (Å²) in [6.07, 6.45) is 2.87. The highest BCUT2D eigenvalue weighted by Gasteiger charge is 2.26. The molecule has 0 bridgehead atoms. The lowest BCUT2D eigenvalue weighted by Crippen LogP contribution is -2.45. The Balaban J connectivity index is 1.70. The molecule has 0 saturated carbocycles. The smallest absolute Gasteiger partial charge is 0.336 e. The van der Waals surface area contributed by atoms with Crippen LogP contribution in [0.25, 0.3) is 22.2 Å². The second-order valence-electron chi connectivity index (χ2n) is 7.72. The molecule has 170 valence electrons. The van der Waals surface area contributed by atoms with Crippen molar-refractivity contribution in [1.29, 1.82) is 0 Å². The maximum Gasteiger partial charge on any atom is 0.336 e. The van der Waals surface area contributed by atoms with Crippen LogP contribution in [0.5, 0.6) is 0 Å². The van der Waals surface area contributed by atoms with Crippen LogP contribution >= 0.6 is 11.8 Å². The molecule has 1 aromatic heterocycles. The van der Waals surface area contributed by atoms with Crippen LogP contribution in [0.2, 0.25) is 0 Å². The van der Waals surface area contributed by atoms with E-state index in [1.165, 1.54) is 11.8 Å². The fourth-order valence-electron chi connectivity index (χ4n) is 4.19. The Morgan fingerprint density at radius 3 is 2.42 bits per heavy atom. The molecule has 1 saturated heterocycles. The molecule has 0 spiro atoms. The van der Waals surface area contributed by atoms with Crippen LogP contribution < -0.4 is 0 Å². The van der Waals surface area contributed by atoms with E-state index < -0.39 is 10.9 Å². The Morgan fingerprint density at radius 2 is 1.79 bits per heavy atom. The molecule has 3 aromatic rings. The molecule has 8 nitrogen and oxygen atoms in total. The third-order valence-corrected chi connectivity index (χ3v) is 6.53. The van der Waals surface area contributed by atoms with Crippen molar-refractivity contribution >= 4 is 28.6 Å². The molecule has 1 aliphatic rings. The van der Waals surface area contributed by atoms with Gasteiger partial charge in [0.25, 0.3) is 6.20 Å². The number of carboxylic acids is 1. The molecule has 2 heterocycles. The number of pyridine rings is 1. The number of piperazine rings is 1. The number of rotatable bonds is 7. The maximum absolute atomic E-state index is 12.4. The van der Waals surface area contributed by atoms with E-state index in [0.717, 1.165) is 11.8 Å². The molecular formula is C24H24N4O4S. The summed E-state index contributed by atoms with van der Waals surface area (Å²) < 4.78 is 0. The van der Waals surface area contributed by atoms with Gasteiger partial charge in [-0.1, -0.05) is 48.5 Å². The van der Waals surface area contributed by atoms with Gasteiger partial charge in [-0.15, -0.1) is 11.8 Å². The van der Waals surface area contributed by atoms with Crippen LogP contribution in [0.4, 0.5) is 0 Å². The Kier molecular flexibility index (Phi) is 6.90. The molecular weight excluding hydrogens is 440 g/mol. The van der Waals surface area contributed by atoms with Crippen LogP contribution in [0, 0.1) is 10.1 Å². The number of hydrogen-bond donors (Lipinski definition) is 1. The summed E-state index contributed by atoms with van der Waals surface area (Å²) in [6, 6.07) is 17.0. The summed E-state index contributed by atoms with van der Waals surface area (Å²) in [6.45, 7) is 3.02. The summed E-state index contributed by atoms with van der Waals surface area (Å²) in [7, 11) is 0. The third kappa shape index (κ3) is 4.99. The van der Waals surface area contributed by atoms with Gasteiger partial charge in [0.1, 0.15) is 5.03 Å². The van der Waals surface area contributed by atoms with E-state index in [0.29, 0.717) is 59.9 Å². The lowest BCUT2D eigenvalue weighted by atomic mass is 9.96. The van der Waals surface area contributed by atoms with E-state index >= 15 is 0 Å². The highest BCUT2D eigenvalue weighted by molar-refractivity contribution is 8.02. The molecule has 0 aliphatic carbocycles. The average Bonchev–Trinajstić information content (AvgIpc) is 2.82. The van der Waals surface area contributed by atoms with E-state index in [2.05, 4.69) is 4.90 Å². The van der Waals surface area contributed by atoms with Crippen molar-refractivity contribution in [2.45, 2.75) is 6.54 Å². The number of carbonyl (C=O) groups is 1. The standard InChI is InChI=1S/C24H24N4O4S/c1-33-21(16-28(31)32)27-13-11-26(12-14-27)15-19-22(24(29)30)18-9-5-6-10-20(18)25-23(19)17-7-3-2-4-8-17/h2-10,16H,11-15H2,1H3,(H,29,30). The third-order valence-electron chi connectivity index (χ3n) is 5.75. The Labute approximate surface area is 195 Å². The number of fused-ring (bicyclic) bond motifs is 1. The molecule has 1 fully saturated rings. The highest BCUT2D eigenvalue weighted by Crippen LogP contribution is 2.32. The van der Waals surface area contributed by atoms with Crippen LogP contribution in [0.3, 0.4) is 0 Å². The zero-order chi connectivity index (χ0) is 23.4. The van der Waals surface area contributed by atoms with E-state index in [1.807, 2.05) is 59.7 Å². The molecule has 2 aromatic carbocycles. The van der Waals surface area contributed by atoms with Gasteiger partial charge in [-0.3, -0.25) is 15.0 Å². The molecule has 33 heavy (non-hydrogen) atoms. The number of thioether (sulfide) groups is 1.